The van der Waals surface area contributed by atoms with Crippen molar-refractivity contribution in [3.63, 3.8) is 0 Å². The Kier molecular flexibility index (Phi) is 16.7. The molecule has 21 nitrogen and oxygen atoms in total. The maximum absolute atomic E-state index is 16.2. The van der Waals surface area contributed by atoms with Crippen molar-refractivity contribution < 1.29 is 47.9 Å². The molecule has 4 fully saturated rings. The third-order valence-electron chi connectivity index (χ3n) is 16.8. The van der Waals surface area contributed by atoms with E-state index in [1.165, 1.54) is 27.0 Å². The third kappa shape index (κ3) is 12.6. The van der Waals surface area contributed by atoms with Crippen molar-refractivity contribution >= 4 is 56.9 Å². The molecule has 3 amide bonds. The lowest BCUT2D eigenvalue weighted by molar-refractivity contribution is -0.142. The van der Waals surface area contributed by atoms with Gasteiger partial charge in [0.05, 0.1) is 66.0 Å². The Labute approximate surface area is 507 Å². The number of aromatic amines is 1. The van der Waals surface area contributed by atoms with E-state index in [4.69, 9.17) is 28.9 Å². The lowest BCUT2D eigenvalue weighted by Gasteiger charge is -2.30. The predicted octanol–water partition coefficient (Wildman–Crippen LogP) is 9.76. The smallest absolute Gasteiger partial charge is 0.410 e. The van der Waals surface area contributed by atoms with Crippen LogP contribution in [-0.4, -0.2) is 147 Å². The highest BCUT2D eigenvalue weighted by molar-refractivity contribution is 7.13. The standard InChI is InChI=1S/C64H73FN12O9S/c1-34(2)56(61(81)76-29-43(79)24-52(76)60(80)69-51(31-78)40-14-16-41(17-15-40)58-36(4)66-33-87-58)77-30-50(73-74-77)39-10-8-37(9-11-39)32-84-57-54(53-35(3)48(65)26-49-47(53)27-67-72-49)45(38-12-13-38)25-46-55(57)70-62(85-44-19-22-83-23-20-44)71-59(46)68-42-18-21-75(28-42)63(82)86-64(5,6)7/h8-11,14-17,25-27,30,33-34,38,42-44,51-52,56,78-79H,12-13,18-24,28-29,31-32H2,1-7H3,(H,67,72)(H,69,80)(H,68,70,71)/t42-,43+,51-,52-,56-/m0/s1. The Morgan fingerprint density at radius 2 is 1.70 bits per heavy atom. The average molecular weight is 1210 g/mol. The zero-order chi connectivity index (χ0) is 60.8. The summed E-state index contributed by atoms with van der Waals surface area (Å²) in [6.45, 7) is 14.7. The summed E-state index contributed by atoms with van der Waals surface area (Å²) in [6, 6.07) is 16.1. The molecule has 456 valence electrons. The number of rotatable bonds is 18. The van der Waals surface area contributed by atoms with Gasteiger partial charge in [0.2, 0.25) is 11.8 Å². The Morgan fingerprint density at radius 1 is 0.943 bits per heavy atom. The molecule has 87 heavy (non-hydrogen) atoms. The minimum atomic E-state index is -0.997. The Morgan fingerprint density at radius 3 is 2.40 bits per heavy atom. The molecule has 3 saturated heterocycles. The van der Waals surface area contributed by atoms with Crippen molar-refractivity contribution in [3.05, 3.63) is 112 Å². The fraction of sp³-hybridized carbons (Fsp3) is 0.453. The average Bonchev–Trinajstić information content (AvgIpc) is 1.97. The number of anilines is 1. The minimum Gasteiger partial charge on any atom is -0.486 e. The first-order valence-electron chi connectivity index (χ1n) is 29.9. The number of aromatic nitrogens is 8. The number of halogens is 1. The highest BCUT2D eigenvalue weighted by Gasteiger charge is 2.44. The van der Waals surface area contributed by atoms with Crippen LogP contribution < -0.4 is 20.1 Å². The second kappa shape index (κ2) is 24.6. The number of aryl methyl sites for hydroxylation is 1. The summed E-state index contributed by atoms with van der Waals surface area (Å²) in [7, 11) is 0. The number of aliphatic hydroxyl groups excluding tert-OH is 2. The van der Waals surface area contributed by atoms with Crippen molar-refractivity contribution in [2.45, 2.75) is 141 Å². The quantitative estimate of drug-likeness (QED) is 0.0536. The summed E-state index contributed by atoms with van der Waals surface area (Å²) in [5.41, 5.74) is 9.50. The number of aliphatic hydroxyl groups is 2. The van der Waals surface area contributed by atoms with Crippen LogP contribution in [0.25, 0.3) is 54.6 Å². The van der Waals surface area contributed by atoms with E-state index >= 15 is 4.39 Å². The first kappa shape index (κ1) is 59.2. The predicted molar refractivity (Wildman–Crippen MR) is 326 cm³/mol. The fourth-order valence-electron chi connectivity index (χ4n) is 12.1. The number of fused-ring (bicyclic) bond motifs is 2. The Hall–Kier alpha value is -8.12. The maximum Gasteiger partial charge on any atom is 0.410 e. The number of H-pyrrole nitrogens is 1. The van der Waals surface area contributed by atoms with Crippen molar-refractivity contribution in [3.8, 4) is 44.6 Å². The third-order valence-corrected chi connectivity index (χ3v) is 17.8. The molecule has 0 radical (unpaired) electrons. The molecule has 1 aliphatic carbocycles. The van der Waals surface area contributed by atoms with Gasteiger partial charge in [-0.25, -0.2) is 18.9 Å². The van der Waals surface area contributed by atoms with E-state index in [1.54, 1.807) is 29.7 Å². The van der Waals surface area contributed by atoms with Gasteiger partial charge < -0.3 is 49.6 Å². The van der Waals surface area contributed by atoms with Crippen LogP contribution >= 0.6 is 11.3 Å². The Bertz CT molecular complexity index is 3840. The fourth-order valence-corrected chi connectivity index (χ4v) is 12.9. The number of hydrogen-bond acceptors (Lipinski definition) is 17. The number of carbonyl (C=O) groups is 3. The van der Waals surface area contributed by atoms with E-state index in [0.717, 1.165) is 45.5 Å². The van der Waals surface area contributed by atoms with Crippen LogP contribution in [0.4, 0.5) is 15.0 Å². The van der Waals surface area contributed by atoms with Crippen LogP contribution in [0.2, 0.25) is 0 Å². The number of hydrogen-bond donors (Lipinski definition) is 5. The topological polar surface area (TPSA) is 257 Å². The van der Waals surface area contributed by atoms with Crippen LogP contribution in [0, 0.1) is 25.6 Å². The first-order chi connectivity index (χ1) is 41.9. The van der Waals surface area contributed by atoms with E-state index in [2.05, 4.69) is 42.2 Å². The van der Waals surface area contributed by atoms with Gasteiger partial charge in [-0.05, 0) is 106 Å². The van der Waals surface area contributed by atoms with E-state index in [0.29, 0.717) is 107 Å². The molecule has 3 aliphatic heterocycles. The second-order valence-electron chi connectivity index (χ2n) is 24.7. The number of thiazole rings is 1. The summed E-state index contributed by atoms with van der Waals surface area (Å²) in [5.74, 6) is -0.484. The summed E-state index contributed by atoms with van der Waals surface area (Å²) in [4.78, 5) is 60.7. The molecule has 23 heteroatoms. The number of benzene rings is 4. The lowest BCUT2D eigenvalue weighted by atomic mass is 9.88. The number of ether oxygens (including phenoxy) is 4. The van der Waals surface area contributed by atoms with Gasteiger partial charge in [0.25, 0.3) is 0 Å². The summed E-state index contributed by atoms with van der Waals surface area (Å²) in [6.07, 6.45) is 5.71. The molecule has 0 bridgehead atoms. The molecule has 5 atom stereocenters. The monoisotopic (exact) mass is 1200 g/mol. The molecule has 4 aromatic carbocycles. The van der Waals surface area contributed by atoms with Gasteiger partial charge in [-0.15, -0.1) is 16.4 Å². The van der Waals surface area contributed by atoms with Gasteiger partial charge in [0.15, 0.2) is 5.75 Å². The molecular weight excluding hydrogens is 1130 g/mol. The van der Waals surface area contributed by atoms with Gasteiger partial charge in [-0.3, -0.25) is 14.7 Å². The van der Waals surface area contributed by atoms with Gasteiger partial charge in [-0.2, -0.15) is 15.1 Å². The second-order valence-corrected chi connectivity index (χ2v) is 25.5. The maximum atomic E-state index is 16.2. The molecule has 1 saturated carbocycles. The SMILES string of the molecule is Cc1ncsc1-c1ccc([C@H](CO)NC(=O)[C@@H]2C[C@@H](O)CN2C(=O)[C@H](C(C)C)n2cc(-c3ccc(COc4c(-c5c(C)c(F)cc6[nH]ncc56)c(C5CC5)cc5c(N[C@H]6CCN(C(=O)OC(C)(C)C)C6)nc(OC6CCOCC6)nc45)cc3)nn2)cc1. The molecule has 4 aliphatic rings. The zero-order valence-electron chi connectivity index (χ0n) is 49.9. The number of amides is 3. The Balaban J connectivity index is 0.828. The van der Waals surface area contributed by atoms with Crippen LogP contribution in [0.3, 0.4) is 0 Å². The van der Waals surface area contributed by atoms with Crippen LogP contribution in [0.1, 0.15) is 119 Å². The number of nitrogens with zero attached hydrogens (tertiary/aromatic N) is 9. The molecule has 7 heterocycles. The highest BCUT2D eigenvalue weighted by Crippen LogP contribution is 2.53. The van der Waals surface area contributed by atoms with Crippen molar-refractivity contribution in [2.75, 3.05) is 44.8 Å². The first-order valence-corrected chi connectivity index (χ1v) is 30.8. The lowest BCUT2D eigenvalue weighted by Crippen LogP contribution is -2.50. The molecule has 5 N–H and O–H groups in total. The van der Waals surface area contributed by atoms with Crippen LogP contribution in [0.5, 0.6) is 11.8 Å². The molecular formula is C64H73FN12O9S. The normalized spacial score (nSPS) is 19.0. The van der Waals surface area contributed by atoms with Crippen molar-refractivity contribution in [1.29, 1.82) is 0 Å². The molecule has 4 aromatic heterocycles. The van der Waals surface area contributed by atoms with Crippen molar-refractivity contribution in [1.82, 2.24) is 55.3 Å². The van der Waals surface area contributed by atoms with Gasteiger partial charge >= 0.3 is 12.1 Å². The largest absolute Gasteiger partial charge is 0.486 e. The number of β-amino-alcohol motifs (C(OH)–C–C–N with tert-alkyl or cyclic N) is 1. The van der Waals surface area contributed by atoms with Gasteiger partial charge in [-0.1, -0.05) is 67.6 Å². The number of carbonyl (C=O) groups excluding carboxylic acids is 3. The van der Waals surface area contributed by atoms with E-state index < -0.39 is 47.5 Å². The molecule has 8 aromatic rings. The number of nitrogens with one attached hydrogen (secondary N) is 3. The zero-order valence-corrected chi connectivity index (χ0v) is 50.7. The molecule has 12 rings (SSSR count). The van der Waals surface area contributed by atoms with Crippen molar-refractivity contribution in [2.24, 2.45) is 5.92 Å². The van der Waals surface area contributed by atoms with Gasteiger partial charge in [0, 0.05) is 72.4 Å². The summed E-state index contributed by atoms with van der Waals surface area (Å²) < 4.78 is 42.9. The van der Waals surface area contributed by atoms with E-state index in [9.17, 15) is 24.6 Å². The molecule has 0 spiro atoms. The molecule has 0 unspecified atom stereocenters. The van der Waals surface area contributed by atoms with Crippen LogP contribution in [-0.2, 0) is 25.7 Å². The number of likely N-dealkylation sites (tertiary alicyclic amines) is 2. The van der Waals surface area contributed by atoms with Crippen LogP contribution in [0.15, 0.2) is 78.6 Å². The van der Waals surface area contributed by atoms with E-state index in [1.807, 2.05) is 90.1 Å². The van der Waals surface area contributed by atoms with Gasteiger partial charge in [0.1, 0.15) is 53.2 Å². The van der Waals surface area contributed by atoms with E-state index in [-0.39, 0.29) is 62.3 Å². The highest BCUT2D eigenvalue weighted by atomic mass is 32.1. The minimum absolute atomic E-state index is 0.0289. The summed E-state index contributed by atoms with van der Waals surface area (Å²) >= 11 is 1.54. The summed E-state index contributed by atoms with van der Waals surface area (Å²) in [5, 5.41) is 45.8.